The second-order valence-electron chi connectivity index (χ2n) is 7.86. The number of hydrogen-bond acceptors (Lipinski definition) is 5. The second kappa shape index (κ2) is 7.61. The van der Waals surface area contributed by atoms with E-state index in [2.05, 4.69) is 5.10 Å². The summed E-state index contributed by atoms with van der Waals surface area (Å²) in [6, 6.07) is 6.36. The normalized spacial score (nSPS) is 13.9. The molecule has 0 unspecified atom stereocenters. The molecule has 0 atom stereocenters. The first-order valence-corrected chi connectivity index (χ1v) is 9.26. The molecule has 2 heterocycles. The SMILES string of the molecule is CC(C)(C)OC(=O)N1CCc2c(nn(C(=O)CCc3ccccc3F)c2N)C1. The molecule has 28 heavy (non-hydrogen) atoms. The molecule has 0 radical (unpaired) electrons. The smallest absolute Gasteiger partial charge is 0.410 e. The van der Waals surface area contributed by atoms with Gasteiger partial charge in [0.15, 0.2) is 0 Å². The van der Waals surface area contributed by atoms with Crippen LogP contribution in [0.25, 0.3) is 0 Å². The molecule has 0 bridgehead atoms. The number of rotatable bonds is 3. The number of amides is 1. The van der Waals surface area contributed by atoms with Crippen LogP contribution in [0, 0.1) is 5.82 Å². The van der Waals surface area contributed by atoms with Crippen LogP contribution in [0.2, 0.25) is 0 Å². The summed E-state index contributed by atoms with van der Waals surface area (Å²) in [7, 11) is 0. The first-order chi connectivity index (χ1) is 13.2. The fourth-order valence-corrected chi connectivity index (χ4v) is 3.14. The lowest BCUT2D eigenvalue weighted by atomic mass is 10.1. The Morgan fingerprint density at radius 3 is 2.68 bits per heavy atom. The summed E-state index contributed by atoms with van der Waals surface area (Å²) in [5.41, 5.74) is 7.38. The summed E-state index contributed by atoms with van der Waals surface area (Å²) < 4.78 is 20.3. The van der Waals surface area contributed by atoms with Gasteiger partial charge in [0.25, 0.3) is 0 Å². The number of nitrogens with two attached hydrogens (primary N) is 1. The quantitative estimate of drug-likeness (QED) is 0.872. The standard InChI is InChI=1S/C20H25FN4O3/c1-20(2,3)28-19(27)24-11-10-14-16(12-24)23-25(18(14)22)17(26)9-8-13-6-4-5-7-15(13)21/h4-7H,8-12,22H2,1-3H3. The van der Waals surface area contributed by atoms with E-state index >= 15 is 0 Å². The molecule has 2 aromatic rings. The monoisotopic (exact) mass is 388 g/mol. The zero-order chi connectivity index (χ0) is 20.5. The largest absolute Gasteiger partial charge is 0.444 e. The molecular weight excluding hydrogens is 363 g/mol. The van der Waals surface area contributed by atoms with E-state index in [4.69, 9.17) is 10.5 Å². The van der Waals surface area contributed by atoms with Crippen molar-refractivity contribution < 1.29 is 18.7 Å². The van der Waals surface area contributed by atoms with Crippen LogP contribution in [-0.4, -0.2) is 38.8 Å². The predicted octanol–water partition coefficient (Wildman–Crippen LogP) is 3.17. The second-order valence-corrected chi connectivity index (χ2v) is 7.86. The minimum absolute atomic E-state index is 0.0848. The van der Waals surface area contributed by atoms with Crippen LogP contribution in [-0.2, 0) is 24.1 Å². The lowest BCUT2D eigenvalue weighted by Gasteiger charge is -2.29. The first-order valence-electron chi connectivity index (χ1n) is 9.26. The van der Waals surface area contributed by atoms with Gasteiger partial charge in [0.05, 0.1) is 12.2 Å². The summed E-state index contributed by atoms with van der Waals surface area (Å²) in [5.74, 6) is -0.354. The number of ether oxygens (including phenoxy) is 1. The van der Waals surface area contributed by atoms with Gasteiger partial charge in [-0.05, 0) is 45.2 Å². The number of halogens is 1. The molecule has 7 nitrogen and oxygen atoms in total. The van der Waals surface area contributed by atoms with Gasteiger partial charge < -0.3 is 15.4 Å². The Labute approximate surface area is 163 Å². The van der Waals surface area contributed by atoms with E-state index in [1.54, 1.807) is 43.9 Å². The van der Waals surface area contributed by atoms with Crippen molar-refractivity contribution in [3.8, 4) is 0 Å². The maximum Gasteiger partial charge on any atom is 0.410 e. The van der Waals surface area contributed by atoms with Crippen molar-refractivity contribution in [1.82, 2.24) is 14.7 Å². The van der Waals surface area contributed by atoms with Gasteiger partial charge in [-0.1, -0.05) is 18.2 Å². The fourth-order valence-electron chi connectivity index (χ4n) is 3.14. The summed E-state index contributed by atoms with van der Waals surface area (Å²) >= 11 is 0. The fraction of sp³-hybridized carbons (Fsp3) is 0.450. The van der Waals surface area contributed by atoms with Gasteiger partial charge in [-0.15, -0.1) is 0 Å². The van der Waals surface area contributed by atoms with Gasteiger partial charge in [-0.3, -0.25) is 4.79 Å². The number of aryl methyl sites for hydroxylation is 1. The number of nitrogen functional groups attached to an aromatic ring is 1. The lowest BCUT2D eigenvalue weighted by molar-refractivity contribution is 0.0221. The third-order valence-electron chi connectivity index (χ3n) is 4.53. The lowest BCUT2D eigenvalue weighted by Crippen LogP contribution is -2.39. The van der Waals surface area contributed by atoms with Gasteiger partial charge in [0.2, 0.25) is 5.91 Å². The van der Waals surface area contributed by atoms with Crippen molar-refractivity contribution in [2.75, 3.05) is 12.3 Å². The minimum atomic E-state index is -0.585. The highest BCUT2D eigenvalue weighted by molar-refractivity contribution is 5.82. The van der Waals surface area contributed by atoms with Crippen LogP contribution in [0.1, 0.15) is 48.8 Å². The Hall–Kier alpha value is -2.90. The van der Waals surface area contributed by atoms with Gasteiger partial charge in [0, 0.05) is 18.5 Å². The van der Waals surface area contributed by atoms with Gasteiger partial charge in [0.1, 0.15) is 17.2 Å². The number of anilines is 1. The number of hydrogen-bond donors (Lipinski definition) is 1. The molecule has 1 aromatic carbocycles. The third kappa shape index (κ3) is 4.32. The summed E-state index contributed by atoms with van der Waals surface area (Å²) in [4.78, 5) is 26.4. The zero-order valence-electron chi connectivity index (χ0n) is 16.4. The van der Waals surface area contributed by atoms with Crippen molar-refractivity contribution in [3.63, 3.8) is 0 Å². The Balaban J connectivity index is 1.70. The number of aromatic nitrogens is 2. The van der Waals surface area contributed by atoms with Crippen LogP contribution >= 0.6 is 0 Å². The zero-order valence-corrected chi connectivity index (χ0v) is 16.4. The molecule has 0 spiro atoms. The molecule has 0 fully saturated rings. The molecule has 0 saturated carbocycles. The Kier molecular flexibility index (Phi) is 5.40. The molecule has 150 valence electrons. The molecule has 2 N–H and O–H groups in total. The molecule has 1 aliphatic heterocycles. The van der Waals surface area contributed by atoms with E-state index in [1.807, 2.05) is 0 Å². The molecular formula is C20H25FN4O3. The van der Waals surface area contributed by atoms with Crippen LogP contribution in [0.3, 0.4) is 0 Å². The van der Waals surface area contributed by atoms with Gasteiger partial charge in [-0.25, -0.2) is 9.18 Å². The number of carbonyl (C=O) groups excluding carboxylic acids is 2. The first kappa shape index (κ1) is 19.9. The van der Waals surface area contributed by atoms with Crippen molar-refractivity contribution in [2.24, 2.45) is 0 Å². The summed E-state index contributed by atoms with van der Waals surface area (Å²) in [6.45, 7) is 6.10. The minimum Gasteiger partial charge on any atom is -0.444 e. The number of nitrogens with zero attached hydrogens (tertiary/aromatic N) is 3. The summed E-state index contributed by atoms with van der Waals surface area (Å²) in [5, 5.41) is 4.31. The Bertz CT molecular complexity index is 901. The number of benzene rings is 1. The van der Waals surface area contributed by atoms with Gasteiger partial charge in [-0.2, -0.15) is 9.78 Å². The average molecular weight is 388 g/mol. The Morgan fingerprint density at radius 1 is 1.29 bits per heavy atom. The van der Waals surface area contributed by atoms with Crippen molar-refractivity contribution in [1.29, 1.82) is 0 Å². The summed E-state index contributed by atoms with van der Waals surface area (Å²) in [6.07, 6.45) is 0.430. The predicted molar refractivity (Wildman–Crippen MR) is 102 cm³/mol. The number of carbonyl (C=O) groups is 2. The van der Waals surface area contributed by atoms with Crippen LogP contribution in [0.4, 0.5) is 15.0 Å². The average Bonchev–Trinajstić information content (AvgIpc) is 2.95. The van der Waals surface area contributed by atoms with E-state index in [-0.39, 0.29) is 36.9 Å². The highest BCUT2D eigenvalue weighted by atomic mass is 19.1. The van der Waals surface area contributed by atoms with Gasteiger partial charge >= 0.3 is 6.09 Å². The van der Waals surface area contributed by atoms with E-state index in [0.29, 0.717) is 24.2 Å². The topological polar surface area (TPSA) is 90.5 Å². The van der Waals surface area contributed by atoms with E-state index < -0.39 is 11.7 Å². The van der Waals surface area contributed by atoms with Crippen LogP contribution in [0.5, 0.6) is 0 Å². The molecule has 3 rings (SSSR count). The highest BCUT2D eigenvalue weighted by Gasteiger charge is 2.30. The third-order valence-corrected chi connectivity index (χ3v) is 4.53. The van der Waals surface area contributed by atoms with Crippen molar-refractivity contribution >= 4 is 17.8 Å². The van der Waals surface area contributed by atoms with E-state index in [9.17, 15) is 14.0 Å². The molecule has 0 saturated heterocycles. The molecule has 0 aliphatic carbocycles. The van der Waals surface area contributed by atoms with Crippen LogP contribution in [0.15, 0.2) is 24.3 Å². The molecule has 1 amide bonds. The number of fused-ring (bicyclic) bond motifs is 1. The molecule has 8 heteroatoms. The van der Waals surface area contributed by atoms with E-state index in [1.165, 1.54) is 10.7 Å². The Morgan fingerprint density at radius 2 is 2.00 bits per heavy atom. The highest BCUT2D eigenvalue weighted by Crippen LogP contribution is 2.25. The maximum absolute atomic E-state index is 13.7. The van der Waals surface area contributed by atoms with Crippen LogP contribution < -0.4 is 5.73 Å². The molecule has 1 aliphatic rings. The molecule has 1 aromatic heterocycles. The van der Waals surface area contributed by atoms with Crippen molar-refractivity contribution in [3.05, 3.63) is 46.9 Å². The van der Waals surface area contributed by atoms with E-state index in [0.717, 1.165) is 5.56 Å². The van der Waals surface area contributed by atoms with Crippen molar-refractivity contribution in [2.45, 2.75) is 52.2 Å². The maximum atomic E-state index is 13.7.